The fourth-order valence-corrected chi connectivity index (χ4v) is 3.04. The minimum Gasteiger partial charge on any atom is -0.459 e. The number of piperazine rings is 1. The van der Waals surface area contributed by atoms with Crippen molar-refractivity contribution < 1.29 is 14.0 Å². The minimum atomic E-state index is -0.368. The largest absolute Gasteiger partial charge is 0.459 e. The number of hydrogen-bond donors (Lipinski definition) is 1. The van der Waals surface area contributed by atoms with Gasteiger partial charge < -0.3 is 19.5 Å². The second-order valence-electron chi connectivity index (χ2n) is 6.25. The fraction of sp³-hybridized carbons (Fsp3) is 0.368. The number of anilines is 1. The molecule has 0 spiro atoms. The molecule has 0 bridgehead atoms. The highest BCUT2D eigenvalue weighted by atomic mass is 16.3. The molecule has 6 heteroatoms. The molecule has 1 fully saturated rings. The van der Waals surface area contributed by atoms with E-state index >= 15 is 0 Å². The van der Waals surface area contributed by atoms with Crippen LogP contribution in [0.25, 0.3) is 0 Å². The summed E-state index contributed by atoms with van der Waals surface area (Å²) in [6.07, 6.45) is 1.43. The third-order valence-electron chi connectivity index (χ3n) is 4.69. The summed E-state index contributed by atoms with van der Waals surface area (Å²) in [6, 6.07) is 9.52. The Balaban J connectivity index is 1.51. The molecule has 1 aromatic heterocycles. The zero-order valence-corrected chi connectivity index (χ0v) is 14.6. The monoisotopic (exact) mass is 341 g/mol. The highest BCUT2D eigenvalue weighted by Crippen LogP contribution is 2.23. The molecule has 2 aromatic rings. The van der Waals surface area contributed by atoms with Crippen molar-refractivity contribution in [2.45, 2.75) is 13.8 Å². The van der Waals surface area contributed by atoms with Gasteiger partial charge in [-0.15, -0.1) is 0 Å². The van der Waals surface area contributed by atoms with Gasteiger partial charge in [-0.05, 0) is 43.2 Å². The molecular formula is C19H23N3O3. The Morgan fingerprint density at radius 2 is 1.84 bits per heavy atom. The number of amides is 2. The van der Waals surface area contributed by atoms with Gasteiger partial charge in [0.2, 0.25) is 5.91 Å². The normalized spacial score (nSPS) is 14.5. The molecule has 0 aliphatic carbocycles. The van der Waals surface area contributed by atoms with Crippen molar-refractivity contribution in [3.8, 4) is 0 Å². The Morgan fingerprint density at radius 3 is 2.52 bits per heavy atom. The second-order valence-corrected chi connectivity index (χ2v) is 6.25. The summed E-state index contributed by atoms with van der Waals surface area (Å²) in [5, 5.41) is 2.60. The summed E-state index contributed by atoms with van der Waals surface area (Å²) >= 11 is 0. The van der Waals surface area contributed by atoms with Crippen LogP contribution in [-0.2, 0) is 4.79 Å². The Kier molecular flexibility index (Phi) is 5.07. The van der Waals surface area contributed by atoms with Gasteiger partial charge in [-0.2, -0.15) is 0 Å². The first-order chi connectivity index (χ1) is 12.1. The van der Waals surface area contributed by atoms with Crippen molar-refractivity contribution >= 4 is 17.5 Å². The first-order valence-corrected chi connectivity index (χ1v) is 8.47. The van der Waals surface area contributed by atoms with E-state index in [1.54, 1.807) is 17.0 Å². The molecule has 0 saturated carbocycles. The molecule has 25 heavy (non-hydrogen) atoms. The minimum absolute atomic E-state index is 0.0109. The van der Waals surface area contributed by atoms with E-state index in [-0.39, 0.29) is 24.1 Å². The van der Waals surface area contributed by atoms with E-state index in [1.807, 2.05) is 0 Å². The van der Waals surface area contributed by atoms with Crippen molar-refractivity contribution in [3.63, 3.8) is 0 Å². The van der Waals surface area contributed by atoms with E-state index < -0.39 is 0 Å². The zero-order valence-electron chi connectivity index (χ0n) is 14.6. The van der Waals surface area contributed by atoms with Crippen molar-refractivity contribution in [2.75, 3.05) is 37.6 Å². The first kappa shape index (κ1) is 17.1. The molecule has 0 unspecified atom stereocenters. The summed E-state index contributed by atoms with van der Waals surface area (Å²) in [5.41, 5.74) is 3.79. The predicted octanol–water partition coefficient (Wildman–Crippen LogP) is 1.98. The van der Waals surface area contributed by atoms with Gasteiger partial charge in [0.15, 0.2) is 5.76 Å². The van der Waals surface area contributed by atoms with E-state index in [4.69, 9.17) is 4.42 Å². The Morgan fingerprint density at radius 1 is 1.08 bits per heavy atom. The Labute approximate surface area is 147 Å². The summed E-state index contributed by atoms with van der Waals surface area (Å²) in [4.78, 5) is 28.2. The van der Waals surface area contributed by atoms with Crippen LogP contribution in [0, 0.1) is 13.8 Å². The molecule has 2 heterocycles. The number of carbonyl (C=O) groups excluding carboxylic acids is 2. The highest BCUT2D eigenvalue weighted by molar-refractivity contribution is 5.94. The van der Waals surface area contributed by atoms with Crippen LogP contribution >= 0.6 is 0 Å². The van der Waals surface area contributed by atoms with Crippen molar-refractivity contribution in [1.29, 1.82) is 0 Å². The molecular weight excluding hydrogens is 318 g/mol. The van der Waals surface area contributed by atoms with Gasteiger partial charge in [-0.1, -0.05) is 12.1 Å². The molecule has 1 aromatic carbocycles. The van der Waals surface area contributed by atoms with Crippen LogP contribution < -0.4 is 10.2 Å². The van der Waals surface area contributed by atoms with Gasteiger partial charge in [-0.3, -0.25) is 9.59 Å². The van der Waals surface area contributed by atoms with Crippen molar-refractivity contribution in [1.82, 2.24) is 10.2 Å². The summed E-state index contributed by atoms with van der Waals surface area (Å²) < 4.78 is 5.01. The van der Waals surface area contributed by atoms with Crippen molar-refractivity contribution in [3.05, 3.63) is 53.5 Å². The van der Waals surface area contributed by atoms with Gasteiger partial charge in [0, 0.05) is 31.9 Å². The quantitative estimate of drug-likeness (QED) is 0.923. The maximum absolute atomic E-state index is 12.3. The topological polar surface area (TPSA) is 65.8 Å². The lowest BCUT2D eigenvalue weighted by atomic mass is 10.1. The number of furan rings is 1. The smallest absolute Gasteiger partial charge is 0.287 e. The van der Waals surface area contributed by atoms with Crippen LogP contribution in [0.5, 0.6) is 0 Å². The lowest BCUT2D eigenvalue weighted by Gasteiger charge is -2.37. The number of hydrogen-bond acceptors (Lipinski definition) is 4. The number of nitrogens with one attached hydrogen (secondary N) is 1. The van der Waals surface area contributed by atoms with Gasteiger partial charge in [0.1, 0.15) is 0 Å². The molecule has 1 aliphatic heterocycles. The molecule has 1 aliphatic rings. The third kappa shape index (κ3) is 3.84. The molecule has 0 radical (unpaired) electrons. The molecule has 0 atom stereocenters. The zero-order chi connectivity index (χ0) is 17.8. The van der Waals surface area contributed by atoms with E-state index in [1.165, 1.54) is 23.1 Å². The van der Waals surface area contributed by atoms with Gasteiger partial charge in [-0.25, -0.2) is 0 Å². The standard InChI is InChI=1S/C19H23N3O3/c1-14-5-3-6-16(15(14)2)21-8-10-22(11-9-21)18(23)13-20-19(24)17-7-4-12-25-17/h3-7,12H,8-11,13H2,1-2H3,(H,20,24). The van der Waals surface area contributed by atoms with Crippen LogP contribution in [0.15, 0.2) is 41.0 Å². The molecule has 1 N–H and O–H groups in total. The molecule has 6 nitrogen and oxygen atoms in total. The Bertz CT molecular complexity index is 747. The molecule has 3 rings (SSSR count). The fourth-order valence-electron chi connectivity index (χ4n) is 3.04. The van der Waals surface area contributed by atoms with Crippen molar-refractivity contribution in [2.24, 2.45) is 0 Å². The predicted molar refractivity (Wildman–Crippen MR) is 95.8 cm³/mol. The van der Waals surface area contributed by atoms with E-state index in [0.717, 1.165) is 13.1 Å². The lowest BCUT2D eigenvalue weighted by molar-refractivity contribution is -0.130. The van der Waals surface area contributed by atoms with Crippen LogP contribution in [-0.4, -0.2) is 49.4 Å². The third-order valence-corrected chi connectivity index (χ3v) is 4.69. The number of rotatable bonds is 4. The van der Waals surface area contributed by atoms with Crippen LogP contribution in [0.4, 0.5) is 5.69 Å². The molecule has 1 saturated heterocycles. The van der Waals surface area contributed by atoms with E-state index in [0.29, 0.717) is 13.1 Å². The maximum Gasteiger partial charge on any atom is 0.287 e. The van der Waals surface area contributed by atoms with E-state index in [9.17, 15) is 9.59 Å². The number of benzene rings is 1. The lowest BCUT2D eigenvalue weighted by Crippen LogP contribution is -2.51. The van der Waals surface area contributed by atoms with Gasteiger partial charge in [0.25, 0.3) is 5.91 Å². The Hall–Kier alpha value is -2.76. The number of aryl methyl sites for hydroxylation is 1. The van der Waals surface area contributed by atoms with E-state index in [2.05, 4.69) is 42.3 Å². The summed E-state index contributed by atoms with van der Waals surface area (Å²) in [7, 11) is 0. The van der Waals surface area contributed by atoms with Crippen LogP contribution in [0.3, 0.4) is 0 Å². The number of nitrogens with zero attached hydrogens (tertiary/aromatic N) is 2. The maximum atomic E-state index is 12.3. The van der Waals surface area contributed by atoms with Gasteiger partial charge >= 0.3 is 0 Å². The van der Waals surface area contributed by atoms with Crippen LogP contribution in [0.2, 0.25) is 0 Å². The molecule has 132 valence electrons. The average Bonchev–Trinajstić information content (AvgIpc) is 3.17. The molecule has 2 amide bonds. The SMILES string of the molecule is Cc1cccc(N2CCN(C(=O)CNC(=O)c3ccco3)CC2)c1C. The first-order valence-electron chi connectivity index (χ1n) is 8.47. The number of carbonyl (C=O) groups is 2. The van der Waals surface area contributed by atoms with Crippen LogP contribution in [0.1, 0.15) is 21.7 Å². The average molecular weight is 341 g/mol. The second kappa shape index (κ2) is 7.42. The summed E-state index contributed by atoms with van der Waals surface area (Å²) in [5.74, 6) is -0.222. The highest BCUT2D eigenvalue weighted by Gasteiger charge is 2.22. The summed E-state index contributed by atoms with van der Waals surface area (Å²) in [6.45, 7) is 7.13. The van der Waals surface area contributed by atoms with Gasteiger partial charge in [0.05, 0.1) is 12.8 Å².